The number of ether oxygens (including phenoxy) is 2. The van der Waals surface area contributed by atoms with Gasteiger partial charge < -0.3 is 9.47 Å². The van der Waals surface area contributed by atoms with Crippen LogP contribution in [0.3, 0.4) is 0 Å². The molecule has 1 aliphatic heterocycles. The number of benzene rings is 3. The molecule has 2 atom stereocenters. The summed E-state index contributed by atoms with van der Waals surface area (Å²) in [5.74, 6) is -3.50. The highest BCUT2D eigenvalue weighted by atomic mass is 19.2. The van der Waals surface area contributed by atoms with Crippen molar-refractivity contribution in [3.05, 3.63) is 77.4 Å². The van der Waals surface area contributed by atoms with Gasteiger partial charge in [0.25, 0.3) is 0 Å². The molecule has 39 heavy (non-hydrogen) atoms. The lowest BCUT2D eigenvalue weighted by Crippen LogP contribution is -2.21. The second kappa shape index (κ2) is 14.0. The Labute approximate surface area is 229 Å². The monoisotopic (exact) mass is 542 g/mol. The van der Waals surface area contributed by atoms with Crippen molar-refractivity contribution in [1.82, 2.24) is 0 Å². The van der Waals surface area contributed by atoms with Gasteiger partial charge in [-0.1, -0.05) is 82.3 Å². The van der Waals surface area contributed by atoms with Crippen molar-refractivity contribution < 1.29 is 27.0 Å². The zero-order chi connectivity index (χ0) is 27.8. The fraction of sp³-hybridized carbons (Fsp3) is 0.455. The van der Waals surface area contributed by atoms with E-state index in [9.17, 15) is 8.78 Å². The van der Waals surface area contributed by atoms with Gasteiger partial charge in [0.1, 0.15) is 0 Å². The maximum absolute atomic E-state index is 15.1. The van der Waals surface area contributed by atoms with E-state index in [4.69, 9.17) is 9.47 Å². The summed E-state index contributed by atoms with van der Waals surface area (Å²) >= 11 is 0. The third-order valence-electron chi connectivity index (χ3n) is 7.59. The predicted octanol–water partition coefficient (Wildman–Crippen LogP) is 10.2. The minimum atomic E-state index is -1.03. The fourth-order valence-corrected chi connectivity index (χ4v) is 5.31. The van der Waals surface area contributed by atoms with Gasteiger partial charge in [-0.05, 0) is 54.9 Å². The van der Waals surface area contributed by atoms with Crippen LogP contribution < -0.4 is 4.74 Å². The summed E-state index contributed by atoms with van der Waals surface area (Å²) in [7, 11) is 0. The first-order valence-electron chi connectivity index (χ1n) is 14.3. The van der Waals surface area contributed by atoms with Crippen molar-refractivity contribution in [2.45, 2.75) is 77.7 Å². The topological polar surface area (TPSA) is 18.5 Å². The molecule has 0 radical (unpaired) electrons. The van der Waals surface area contributed by atoms with Crippen LogP contribution in [0.2, 0.25) is 0 Å². The normalized spacial score (nSPS) is 17.4. The molecule has 6 heteroatoms. The van der Waals surface area contributed by atoms with Crippen LogP contribution in [0, 0.1) is 29.2 Å². The molecule has 3 aromatic carbocycles. The van der Waals surface area contributed by atoms with E-state index in [0.29, 0.717) is 36.7 Å². The summed E-state index contributed by atoms with van der Waals surface area (Å²) < 4.78 is 71.1. The Balaban J connectivity index is 1.44. The molecule has 0 N–H and O–H groups in total. The van der Waals surface area contributed by atoms with Crippen molar-refractivity contribution in [2.75, 3.05) is 13.2 Å². The first kappa shape index (κ1) is 29.1. The van der Waals surface area contributed by atoms with Gasteiger partial charge in [-0.15, -0.1) is 0 Å². The number of hydrogen-bond donors (Lipinski definition) is 0. The zero-order valence-electron chi connectivity index (χ0n) is 22.9. The molecule has 2 unspecified atom stereocenters. The SMILES string of the molecule is CCCCCCCOc1ccc(-c2ccc(-c3ccc(C4CCC(CCC)CO4)c(F)c3F)cc2)c(F)c1F. The summed E-state index contributed by atoms with van der Waals surface area (Å²) in [5, 5.41) is 0. The third kappa shape index (κ3) is 7.02. The molecule has 0 amide bonds. The second-order valence-corrected chi connectivity index (χ2v) is 10.5. The van der Waals surface area contributed by atoms with Crippen LogP contribution in [0.15, 0.2) is 48.5 Å². The van der Waals surface area contributed by atoms with Crippen LogP contribution in [0.4, 0.5) is 17.6 Å². The molecule has 0 bridgehead atoms. The molecule has 1 heterocycles. The smallest absolute Gasteiger partial charge is 0.201 e. The minimum Gasteiger partial charge on any atom is -0.490 e. The van der Waals surface area contributed by atoms with Crippen LogP contribution in [-0.4, -0.2) is 13.2 Å². The van der Waals surface area contributed by atoms with Crippen LogP contribution in [0.25, 0.3) is 22.3 Å². The Kier molecular flexibility index (Phi) is 10.4. The summed E-state index contributed by atoms with van der Waals surface area (Å²) in [6.07, 6.45) is 8.47. The Hall–Kier alpha value is -2.86. The van der Waals surface area contributed by atoms with Crippen molar-refractivity contribution in [1.29, 1.82) is 0 Å². The lowest BCUT2D eigenvalue weighted by molar-refractivity contribution is -0.0214. The van der Waals surface area contributed by atoms with Crippen molar-refractivity contribution in [3.8, 4) is 28.0 Å². The molecule has 2 nitrogen and oxygen atoms in total. The average Bonchev–Trinajstić information content (AvgIpc) is 2.95. The number of halogens is 4. The molecule has 1 fully saturated rings. The summed E-state index contributed by atoms with van der Waals surface area (Å²) in [4.78, 5) is 0. The third-order valence-corrected chi connectivity index (χ3v) is 7.59. The first-order chi connectivity index (χ1) is 18.9. The molecular formula is C33H38F4O2. The maximum Gasteiger partial charge on any atom is 0.201 e. The molecular weight excluding hydrogens is 504 g/mol. The highest BCUT2D eigenvalue weighted by Crippen LogP contribution is 2.37. The van der Waals surface area contributed by atoms with Crippen molar-refractivity contribution in [2.24, 2.45) is 5.92 Å². The van der Waals surface area contributed by atoms with E-state index in [2.05, 4.69) is 13.8 Å². The van der Waals surface area contributed by atoms with Crippen LogP contribution in [0.5, 0.6) is 5.75 Å². The largest absolute Gasteiger partial charge is 0.490 e. The van der Waals surface area contributed by atoms with Gasteiger partial charge in [-0.2, -0.15) is 4.39 Å². The second-order valence-electron chi connectivity index (χ2n) is 10.5. The number of rotatable bonds is 12. The van der Waals surface area contributed by atoms with Crippen molar-refractivity contribution in [3.63, 3.8) is 0 Å². The van der Waals surface area contributed by atoms with E-state index in [1.165, 1.54) is 12.1 Å². The van der Waals surface area contributed by atoms with E-state index < -0.39 is 29.4 Å². The van der Waals surface area contributed by atoms with E-state index in [-0.39, 0.29) is 22.4 Å². The zero-order valence-corrected chi connectivity index (χ0v) is 22.9. The lowest BCUT2D eigenvalue weighted by Gasteiger charge is -2.29. The van der Waals surface area contributed by atoms with E-state index in [1.54, 1.807) is 36.4 Å². The van der Waals surface area contributed by atoms with E-state index in [0.717, 1.165) is 51.4 Å². The predicted molar refractivity (Wildman–Crippen MR) is 148 cm³/mol. The molecule has 210 valence electrons. The summed E-state index contributed by atoms with van der Waals surface area (Å²) in [6.45, 7) is 5.16. The molecule has 0 aromatic heterocycles. The molecule has 3 aromatic rings. The molecule has 1 aliphatic rings. The van der Waals surface area contributed by atoms with Gasteiger partial charge in [0.15, 0.2) is 23.2 Å². The first-order valence-corrected chi connectivity index (χ1v) is 14.3. The van der Waals surface area contributed by atoms with E-state index >= 15 is 8.78 Å². The average molecular weight is 543 g/mol. The van der Waals surface area contributed by atoms with Gasteiger partial charge in [-0.3, -0.25) is 0 Å². The highest BCUT2D eigenvalue weighted by Gasteiger charge is 2.27. The number of hydrogen-bond acceptors (Lipinski definition) is 2. The van der Waals surface area contributed by atoms with Crippen LogP contribution in [0.1, 0.15) is 83.3 Å². The fourth-order valence-electron chi connectivity index (χ4n) is 5.31. The van der Waals surface area contributed by atoms with Crippen molar-refractivity contribution >= 4 is 0 Å². The Morgan fingerprint density at radius 2 is 1.33 bits per heavy atom. The molecule has 0 spiro atoms. The standard InChI is InChI=1S/C33H38F4O2/c1-3-5-6-7-8-20-38-29-19-17-26(31(35)33(29)37)24-13-11-23(12-14-24)25-15-16-27(32(36)30(25)34)28-18-10-22(9-4-2)21-39-28/h11-17,19,22,28H,3-10,18,20-21H2,1-2H3. The molecule has 0 saturated carbocycles. The Morgan fingerprint density at radius 3 is 1.95 bits per heavy atom. The van der Waals surface area contributed by atoms with Gasteiger partial charge in [0.05, 0.1) is 19.3 Å². The van der Waals surface area contributed by atoms with Gasteiger partial charge >= 0.3 is 0 Å². The van der Waals surface area contributed by atoms with Gasteiger partial charge in [0.2, 0.25) is 5.82 Å². The molecule has 1 saturated heterocycles. The Morgan fingerprint density at radius 1 is 0.692 bits per heavy atom. The number of unbranched alkanes of at least 4 members (excludes halogenated alkanes) is 4. The van der Waals surface area contributed by atoms with E-state index in [1.807, 2.05) is 0 Å². The molecule has 4 rings (SSSR count). The summed E-state index contributed by atoms with van der Waals surface area (Å²) in [6, 6.07) is 12.4. The minimum absolute atomic E-state index is 0.0761. The quantitative estimate of drug-likeness (QED) is 0.167. The van der Waals surface area contributed by atoms with Crippen LogP contribution >= 0.6 is 0 Å². The maximum atomic E-state index is 15.1. The van der Waals surface area contributed by atoms with Gasteiger partial charge in [-0.25, -0.2) is 13.2 Å². The van der Waals surface area contributed by atoms with Crippen LogP contribution in [-0.2, 0) is 4.74 Å². The lowest BCUT2D eigenvalue weighted by atomic mass is 9.90. The highest BCUT2D eigenvalue weighted by molar-refractivity contribution is 5.71. The van der Waals surface area contributed by atoms with Gasteiger partial charge in [0, 0.05) is 16.7 Å². The molecule has 0 aliphatic carbocycles. The summed E-state index contributed by atoms with van der Waals surface area (Å²) in [5.41, 5.74) is 1.29. The Bertz CT molecular complexity index is 1220.